The van der Waals surface area contributed by atoms with Crippen molar-refractivity contribution in [3.63, 3.8) is 0 Å². The summed E-state index contributed by atoms with van der Waals surface area (Å²) in [5, 5.41) is 0. The molecule has 0 saturated heterocycles. The minimum atomic E-state index is -4.30. The fourth-order valence-corrected chi connectivity index (χ4v) is 1.33. The van der Waals surface area contributed by atoms with Crippen LogP contribution in [0.2, 0.25) is 0 Å². The van der Waals surface area contributed by atoms with E-state index in [9.17, 15) is 13.2 Å². The summed E-state index contributed by atoms with van der Waals surface area (Å²) < 4.78 is 36.5. The third-order valence-electron chi connectivity index (χ3n) is 1.46. The molecule has 0 unspecified atom stereocenters. The number of aromatic nitrogens is 2. The SMILES string of the molecule is CN(CC(F)(F)F)c1nc(N)cc(Br)n1. The van der Waals surface area contributed by atoms with E-state index < -0.39 is 12.7 Å². The molecule has 0 aliphatic rings. The molecule has 84 valence electrons. The van der Waals surface area contributed by atoms with Crippen LogP contribution in [0.15, 0.2) is 10.7 Å². The molecular formula is C7H8BrF3N4. The Balaban J connectivity index is 2.86. The van der Waals surface area contributed by atoms with Gasteiger partial charge in [-0.1, -0.05) is 0 Å². The zero-order valence-electron chi connectivity index (χ0n) is 7.72. The molecule has 8 heteroatoms. The highest BCUT2D eigenvalue weighted by atomic mass is 79.9. The molecule has 0 aliphatic carbocycles. The summed E-state index contributed by atoms with van der Waals surface area (Å²) in [6.45, 7) is -1.12. The summed E-state index contributed by atoms with van der Waals surface area (Å²) in [5.41, 5.74) is 5.37. The van der Waals surface area contributed by atoms with Gasteiger partial charge in [0.05, 0.1) is 0 Å². The second kappa shape index (κ2) is 4.21. The minimum absolute atomic E-state index is 0.0702. The first-order valence-corrected chi connectivity index (χ1v) is 4.65. The van der Waals surface area contributed by atoms with Gasteiger partial charge in [0.2, 0.25) is 5.95 Å². The number of anilines is 2. The Morgan fingerprint density at radius 2 is 2.07 bits per heavy atom. The number of nitrogens with two attached hydrogens (primary N) is 1. The molecule has 0 radical (unpaired) electrons. The molecule has 2 N–H and O–H groups in total. The highest BCUT2D eigenvalue weighted by Crippen LogP contribution is 2.20. The van der Waals surface area contributed by atoms with Crippen LogP contribution in [0.1, 0.15) is 0 Å². The topological polar surface area (TPSA) is 55.0 Å². The molecule has 0 saturated carbocycles. The van der Waals surface area contributed by atoms with E-state index in [-0.39, 0.29) is 11.8 Å². The van der Waals surface area contributed by atoms with Crippen LogP contribution in [0.4, 0.5) is 24.9 Å². The van der Waals surface area contributed by atoms with Crippen molar-refractivity contribution in [2.45, 2.75) is 6.18 Å². The molecule has 1 heterocycles. The van der Waals surface area contributed by atoms with Crippen molar-refractivity contribution in [3.8, 4) is 0 Å². The van der Waals surface area contributed by atoms with Gasteiger partial charge >= 0.3 is 6.18 Å². The normalized spacial score (nSPS) is 11.5. The van der Waals surface area contributed by atoms with Gasteiger partial charge in [0.1, 0.15) is 17.0 Å². The lowest BCUT2D eigenvalue weighted by Gasteiger charge is -2.18. The van der Waals surface area contributed by atoms with Crippen molar-refractivity contribution in [1.29, 1.82) is 0 Å². The van der Waals surface area contributed by atoms with Gasteiger partial charge in [0.25, 0.3) is 0 Å². The second-order valence-corrected chi connectivity index (χ2v) is 3.70. The number of hydrogen-bond acceptors (Lipinski definition) is 4. The average molecular weight is 285 g/mol. The number of nitrogen functional groups attached to an aromatic ring is 1. The van der Waals surface area contributed by atoms with Crippen molar-refractivity contribution in [2.75, 3.05) is 24.2 Å². The van der Waals surface area contributed by atoms with E-state index in [0.29, 0.717) is 4.60 Å². The van der Waals surface area contributed by atoms with Crippen LogP contribution in [0.3, 0.4) is 0 Å². The Kier molecular flexibility index (Phi) is 3.38. The second-order valence-electron chi connectivity index (χ2n) is 2.89. The van der Waals surface area contributed by atoms with Crippen LogP contribution >= 0.6 is 15.9 Å². The van der Waals surface area contributed by atoms with Crippen LogP contribution in [-0.4, -0.2) is 29.7 Å². The van der Waals surface area contributed by atoms with Crippen molar-refractivity contribution < 1.29 is 13.2 Å². The standard InChI is InChI=1S/C7H8BrF3N4/c1-15(3-7(9,10)11)6-13-4(8)2-5(12)14-6/h2H,3H2,1H3,(H2,12,13,14). The van der Waals surface area contributed by atoms with Crippen molar-refractivity contribution >= 4 is 27.7 Å². The number of nitrogens with zero attached hydrogens (tertiary/aromatic N) is 3. The van der Waals surface area contributed by atoms with Crippen molar-refractivity contribution in [2.24, 2.45) is 0 Å². The summed E-state index contributed by atoms with van der Waals surface area (Å²) in [6.07, 6.45) is -4.30. The van der Waals surface area contributed by atoms with Crippen LogP contribution in [0.25, 0.3) is 0 Å². The van der Waals surface area contributed by atoms with Crippen LogP contribution in [0.5, 0.6) is 0 Å². The Labute approximate surface area is 92.4 Å². The Morgan fingerprint density at radius 3 is 2.53 bits per heavy atom. The number of alkyl halides is 3. The first kappa shape index (κ1) is 12.0. The van der Waals surface area contributed by atoms with Crippen LogP contribution in [-0.2, 0) is 0 Å². The monoisotopic (exact) mass is 284 g/mol. The largest absolute Gasteiger partial charge is 0.406 e. The van der Waals surface area contributed by atoms with E-state index in [1.807, 2.05) is 0 Å². The lowest BCUT2D eigenvalue weighted by Crippen LogP contribution is -2.32. The number of rotatable bonds is 2. The molecule has 15 heavy (non-hydrogen) atoms. The predicted molar refractivity (Wildman–Crippen MR) is 53.5 cm³/mol. The van der Waals surface area contributed by atoms with Crippen molar-refractivity contribution in [3.05, 3.63) is 10.7 Å². The van der Waals surface area contributed by atoms with Gasteiger partial charge in [-0.05, 0) is 15.9 Å². The minimum Gasteiger partial charge on any atom is -0.383 e. The molecule has 1 rings (SSSR count). The quantitative estimate of drug-likeness (QED) is 0.842. The summed E-state index contributed by atoms with van der Waals surface area (Å²) in [5.74, 6) is 0.0418. The summed E-state index contributed by atoms with van der Waals surface area (Å²) in [7, 11) is 1.24. The molecule has 0 bridgehead atoms. The Hall–Kier alpha value is -1.05. The summed E-state index contributed by atoms with van der Waals surface area (Å²) in [4.78, 5) is 8.33. The maximum absolute atomic E-state index is 12.1. The lowest BCUT2D eigenvalue weighted by molar-refractivity contribution is -0.119. The van der Waals surface area contributed by atoms with E-state index in [4.69, 9.17) is 5.73 Å². The highest BCUT2D eigenvalue weighted by molar-refractivity contribution is 9.10. The Bertz CT molecular complexity index is 334. The number of halogens is 4. The van der Waals surface area contributed by atoms with E-state index >= 15 is 0 Å². The van der Waals surface area contributed by atoms with E-state index in [2.05, 4.69) is 25.9 Å². The fourth-order valence-electron chi connectivity index (χ4n) is 0.933. The zero-order valence-corrected chi connectivity index (χ0v) is 9.30. The van der Waals surface area contributed by atoms with Gasteiger partial charge in [-0.2, -0.15) is 18.2 Å². The highest BCUT2D eigenvalue weighted by Gasteiger charge is 2.30. The lowest BCUT2D eigenvalue weighted by atomic mass is 10.5. The first-order chi connectivity index (χ1) is 6.78. The summed E-state index contributed by atoms with van der Waals surface area (Å²) in [6, 6.07) is 1.41. The predicted octanol–water partition coefficient (Wildman–Crippen LogP) is 1.82. The molecule has 0 amide bonds. The average Bonchev–Trinajstić information content (AvgIpc) is 1.98. The van der Waals surface area contributed by atoms with Gasteiger partial charge < -0.3 is 10.6 Å². The molecule has 0 aromatic carbocycles. The third kappa shape index (κ3) is 3.90. The molecule has 4 nitrogen and oxygen atoms in total. The van der Waals surface area contributed by atoms with Gasteiger partial charge in [-0.25, -0.2) is 4.98 Å². The molecule has 1 aromatic heterocycles. The zero-order chi connectivity index (χ0) is 11.6. The molecule has 0 aliphatic heterocycles. The van der Waals surface area contributed by atoms with E-state index in [1.165, 1.54) is 13.1 Å². The molecule has 0 fully saturated rings. The van der Waals surface area contributed by atoms with Gasteiger partial charge in [0.15, 0.2) is 0 Å². The van der Waals surface area contributed by atoms with Crippen LogP contribution < -0.4 is 10.6 Å². The third-order valence-corrected chi connectivity index (χ3v) is 1.87. The van der Waals surface area contributed by atoms with Crippen LogP contribution in [0, 0.1) is 0 Å². The maximum Gasteiger partial charge on any atom is 0.406 e. The first-order valence-electron chi connectivity index (χ1n) is 3.86. The summed E-state index contributed by atoms with van der Waals surface area (Å²) >= 11 is 3.02. The van der Waals surface area contributed by atoms with Gasteiger partial charge in [0, 0.05) is 13.1 Å². The smallest absolute Gasteiger partial charge is 0.383 e. The fraction of sp³-hybridized carbons (Fsp3) is 0.429. The van der Waals surface area contributed by atoms with Gasteiger partial charge in [-0.3, -0.25) is 0 Å². The molecular weight excluding hydrogens is 277 g/mol. The number of hydrogen-bond donors (Lipinski definition) is 1. The van der Waals surface area contributed by atoms with E-state index in [1.54, 1.807) is 0 Å². The Morgan fingerprint density at radius 1 is 1.47 bits per heavy atom. The molecule has 1 aromatic rings. The van der Waals surface area contributed by atoms with Gasteiger partial charge in [-0.15, -0.1) is 0 Å². The maximum atomic E-state index is 12.1. The van der Waals surface area contributed by atoms with Crippen molar-refractivity contribution in [1.82, 2.24) is 9.97 Å². The van der Waals surface area contributed by atoms with E-state index in [0.717, 1.165) is 4.90 Å². The molecule has 0 spiro atoms. The molecule has 0 atom stereocenters.